The van der Waals surface area contributed by atoms with Crippen LogP contribution < -0.4 is 11.1 Å². The molecule has 13 heavy (non-hydrogen) atoms. The molecule has 3 nitrogen and oxygen atoms in total. The van der Waals surface area contributed by atoms with Crippen molar-refractivity contribution in [2.45, 2.75) is 0 Å². The van der Waals surface area contributed by atoms with Gasteiger partial charge in [0, 0.05) is 5.02 Å². The van der Waals surface area contributed by atoms with Crippen LogP contribution in [0, 0.1) is 0 Å². The first-order valence-corrected chi connectivity index (χ1v) is 4.41. The number of phenols is 1. The normalized spacial score (nSPS) is 9.69. The maximum Gasteiger partial charge on any atom is 0.168 e. The van der Waals surface area contributed by atoms with Crippen molar-refractivity contribution >= 4 is 46.2 Å². The van der Waals surface area contributed by atoms with Crippen molar-refractivity contribution in [3.8, 4) is 5.75 Å². The minimum atomic E-state index is -0.126. The van der Waals surface area contributed by atoms with Gasteiger partial charge in [0.25, 0.3) is 0 Å². The van der Waals surface area contributed by atoms with Gasteiger partial charge in [-0.1, -0.05) is 23.2 Å². The number of nitrogens with two attached hydrogens (primary N) is 1. The molecule has 4 N–H and O–H groups in total. The number of nitrogens with one attached hydrogen (secondary N) is 1. The number of thiocarbonyl (C=S) groups is 1. The van der Waals surface area contributed by atoms with E-state index in [2.05, 4.69) is 17.5 Å². The van der Waals surface area contributed by atoms with E-state index in [0.717, 1.165) is 0 Å². The highest BCUT2D eigenvalue weighted by atomic mass is 35.5. The Morgan fingerprint density at radius 1 is 1.46 bits per heavy atom. The Hall–Kier alpha value is -0.710. The van der Waals surface area contributed by atoms with Gasteiger partial charge in [0.15, 0.2) is 10.9 Å². The lowest BCUT2D eigenvalue weighted by Gasteiger charge is -2.07. The summed E-state index contributed by atoms with van der Waals surface area (Å²) >= 11 is 15.9. The van der Waals surface area contributed by atoms with Crippen molar-refractivity contribution in [2.75, 3.05) is 5.32 Å². The van der Waals surface area contributed by atoms with Crippen LogP contribution in [0.3, 0.4) is 0 Å². The summed E-state index contributed by atoms with van der Waals surface area (Å²) in [5.41, 5.74) is 5.51. The van der Waals surface area contributed by atoms with Crippen molar-refractivity contribution in [2.24, 2.45) is 5.73 Å². The molecule has 0 saturated carbocycles. The lowest BCUT2D eigenvalue weighted by molar-refractivity contribution is 0.478. The highest BCUT2D eigenvalue weighted by Crippen LogP contribution is 2.34. The summed E-state index contributed by atoms with van der Waals surface area (Å²) in [5, 5.41) is 12.5. The van der Waals surface area contributed by atoms with Gasteiger partial charge in [-0.3, -0.25) is 0 Å². The highest BCUT2D eigenvalue weighted by Gasteiger charge is 2.07. The van der Waals surface area contributed by atoms with Crippen LogP contribution in [-0.4, -0.2) is 10.2 Å². The first kappa shape index (κ1) is 10.4. The summed E-state index contributed by atoms with van der Waals surface area (Å²) in [4.78, 5) is 0. The van der Waals surface area contributed by atoms with E-state index >= 15 is 0 Å². The van der Waals surface area contributed by atoms with E-state index in [0.29, 0.717) is 10.7 Å². The van der Waals surface area contributed by atoms with Gasteiger partial charge in [-0.05, 0) is 24.4 Å². The number of rotatable bonds is 1. The standard InChI is InChI=1S/C7H6Cl2N2OS/c8-3-1-4(9)6(12)5(2-3)11-7(10)13/h1-2,12H,(H3,10,11,13). The number of benzene rings is 1. The number of phenolic OH excluding ortho intramolecular Hbond substituents is 1. The number of anilines is 1. The molecule has 1 aromatic carbocycles. The molecule has 70 valence electrons. The average Bonchev–Trinajstić information content (AvgIpc) is 1.98. The van der Waals surface area contributed by atoms with Crippen LogP contribution in [0.4, 0.5) is 5.69 Å². The van der Waals surface area contributed by atoms with Crippen LogP contribution in [0.25, 0.3) is 0 Å². The molecule has 1 aromatic rings. The maximum absolute atomic E-state index is 9.40. The molecule has 0 bridgehead atoms. The maximum atomic E-state index is 9.40. The molecule has 0 amide bonds. The van der Waals surface area contributed by atoms with Gasteiger partial charge < -0.3 is 16.2 Å². The molecule has 0 spiro atoms. The lowest BCUT2D eigenvalue weighted by Crippen LogP contribution is -2.18. The quantitative estimate of drug-likeness (QED) is 0.518. The number of aromatic hydroxyl groups is 1. The smallest absolute Gasteiger partial charge is 0.168 e. The van der Waals surface area contributed by atoms with E-state index in [9.17, 15) is 5.11 Å². The fraction of sp³-hybridized carbons (Fsp3) is 0. The largest absolute Gasteiger partial charge is 0.504 e. The molecule has 0 aliphatic rings. The zero-order valence-electron chi connectivity index (χ0n) is 6.34. The summed E-state index contributed by atoms with van der Waals surface area (Å²) in [6.45, 7) is 0. The molecule has 0 atom stereocenters. The van der Waals surface area contributed by atoms with E-state index in [-0.39, 0.29) is 15.9 Å². The first-order chi connectivity index (χ1) is 6.00. The van der Waals surface area contributed by atoms with Gasteiger partial charge in [-0.15, -0.1) is 0 Å². The summed E-state index contributed by atoms with van der Waals surface area (Å²) in [6, 6.07) is 2.89. The Bertz CT molecular complexity index is 357. The fourth-order valence-corrected chi connectivity index (χ4v) is 1.40. The summed E-state index contributed by atoms with van der Waals surface area (Å²) in [6.07, 6.45) is 0. The van der Waals surface area contributed by atoms with E-state index in [1.165, 1.54) is 12.1 Å². The molecule has 0 unspecified atom stereocenters. The second kappa shape index (κ2) is 4.00. The Balaban J connectivity index is 3.12. The van der Waals surface area contributed by atoms with Crippen molar-refractivity contribution in [3.63, 3.8) is 0 Å². The predicted octanol–water partition coefficient (Wildman–Crippen LogP) is 2.35. The predicted molar refractivity (Wildman–Crippen MR) is 58.5 cm³/mol. The average molecular weight is 237 g/mol. The molecule has 6 heteroatoms. The first-order valence-electron chi connectivity index (χ1n) is 3.25. The minimum Gasteiger partial charge on any atom is -0.504 e. The van der Waals surface area contributed by atoms with Crippen molar-refractivity contribution < 1.29 is 5.11 Å². The van der Waals surface area contributed by atoms with Crippen molar-refractivity contribution in [1.82, 2.24) is 0 Å². The van der Waals surface area contributed by atoms with Crippen LogP contribution in [0.2, 0.25) is 10.0 Å². The molecule has 0 aliphatic heterocycles. The van der Waals surface area contributed by atoms with Crippen LogP contribution in [0.5, 0.6) is 5.75 Å². The Morgan fingerprint density at radius 3 is 2.62 bits per heavy atom. The molecule has 0 radical (unpaired) electrons. The Labute approximate surface area is 90.4 Å². The fourth-order valence-electron chi connectivity index (χ4n) is 0.794. The van der Waals surface area contributed by atoms with E-state index in [4.69, 9.17) is 28.9 Å². The van der Waals surface area contributed by atoms with Gasteiger partial charge >= 0.3 is 0 Å². The molecule has 0 aliphatic carbocycles. The number of hydrogen-bond donors (Lipinski definition) is 3. The van der Waals surface area contributed by atoms with Crippen molar-refractivity contribution in [1.29, 1.82) is 0 Å². The van der Waals surface area contributed by atoms with Crippen LogP contribution in [0.1, 0.15) is 0 Å². The third kappa shape index (κ3) is 2.62. The third-order valence-electron chi connectivity index (χ3n) is 1.29. The molecule has 0 heterocycles. The van der Waals surface area contributed by atoms with Gasteiger partial charge in [0.2, 0.25) is 0 Å². The third-order valence-corrected chi connectivity index (χ3v) is 1.89. The zero-order chi connectivity index (χ0) is 10.0. The Morgan fingerprint density at radius 2 is 2.08 bits per heavy atom. The van der Waals surface area contributed by atoms with Gasteiger partial charge in [0.05, 0.1) is 10.7 Å². The monoisotopic (exact) mass is 236 g/mol. The minimum absolute atomic E-state index is 0.0358. The van der Waals surface area contributed by atoms with Crippen LogP contribution in [0.15, 0.2) is 12.1 Å². The summed E-state index contributed by atoms with van der Waals surface area (Å²) in [7, 11) is 0. The molecule has 0 fully saturated rings. The topological polar surface area (TPSA) is 58.3 Å². The molecule has 0 aromatic heterocycles. The van der Waals surface area contributed by atoms with Gasteiger partial charge in [0.1, 0.15) is 0 Å². The van der Waals surface area contributed by atoms with E-state index in [1.807, 2.05) is 0 Å². The molecular weight excluding hydrogens is 231 g/mol. The summed E-state index contributed by atoms with van der Waals surface area (Å²) < 4.78 is 0. The van der Waals surface area contributed by atoms with Crippen LogP contribution >= 0.6 is 35.4 Å². The second-order valence-corrected chi connectivity index (χ2v) is 3.56. The zero-order valence-corrected chi connectivity index (χ0v) is 8.67. The van der Waals surface area contributed by atoms with E-state index < -0.39 is 0 Å². The van der Waals surface area contributed by atoms with Gasteiger partial charge in [-0.25, -0.2) is 0 Å². The van der Waals surface area contributed by atoms with Crippen molar-refractivity contribution in [3.05, 3.63) is 22.2 Å². The Kier molecular flexibility index (Phi) is 3.19. The number of hydrogen-bond acceptors (Lipinski definition) is 2. The van der Waals surface area contributed by atoms with Gasteiger partial charge in [-0.2, -0.15) is 0 Å². The highest BCUT2D eigenvalue weighted by molar-refractivity contribution is 7.80. The molecule has 1 rings (SSSR count). The lowest BCUT2D eigenvalue weighted by atomic mass is 10.3. The number of halogens is 2. The van der Waals surface area contributed by atoms with Crippen LogP contribution in [-0.2, 0) is 0 Å². The second-order valence-electron chi connectivity index (χ2n) is 2.27. The molecular formula is C7H6Cl2N2OS. The molecule has 0 saturated heterocycles. The summed E-state index contributed by atoms with van der Waals surface area (Å²) in [5.74, 6) is -0.126. The SMILES string of the molecule is NC(=S)Nc1cc(Cl)cc(Cl)c1O. The van der Waals surface area contributed by atoms with E-state index in [1.54, 1.807) is 0 Å².